The first-order valence-electron chi connectivity index (χ1n) is 6.14. The summed E-state index contributed by atoms with van der Waals surface area (Å²) in [6.45, 7) is 3.99. The molecule has 1 N–H and O–H groups in total. The van der Waals surface area contributed by atoms with E-state index < -0.39 is 9.84 Å². The Morgan fingerprint density at radius 1 is 1.50 bits per heavy atom. The molecule has 2 atom stereocenters. The van der Waals surface area contributed by atoms with Crippen molar-refractivity contribution in [2.24, 2.45) is 0 Å². The third kappa shape index (κ3) is 2.70. The van der Waals surface area contributed by atoms with Crippen LogP contribution in [0.4, 0.5) is 0 Å². The van der Waals surface area contributed by atoms with E-state index in [1.165, 1.54) is 0 Å². The minimum absolute atomic E-state index is 0.0346. The van der Waals surface area contributed by atoms with E-state index in [4.69, 9.17) is 0 Å². The van der Waals surface area contributed by atoms with Gasteiger partial charge in [-0.15, -0.1) is 0 Å². The van der Waals surface area contributed by atoms with Gasteiger partial charge in [0.2, 0.25) is 0 Å². The molecule has 1 aromatic heterocycles. The van der Waals surface area contributed by atoms with Gasteiger partial charge in [0.1, 0.15) is 5.82 Å². The summed E-state index contributed by atoms with van der Waals surface area (Å²) >= 11 is 0. The molecule has 18 heavy (non-hydrogen) atoms. The third-order valence-electron chi connectivity index (χ3n) is 3.53. The van der Waals surface area contributed by atoms with Gasteiger partial charge in [0.15, 0.2) is 9.84 Å². The first-order valence-corrected chi connectivity index (χ1v) is 7.96. The number of sulfone groups is 1. The average Bonchev–Trinajstić information content (AvgIpc) is 2.68. The lowest BCUT2D eigenvalue weighted by molar-refractivity contribution is 0.600. The smallest absolute Gasteiger partial charge is 0.151 e. The average molecular weight is 269 g/mol. The highest BCUT2D eigenvalue weighted by Crippen LogP contribution is 2.27. The van der Waals surface area contributed by atoms with Crippen LogP contribution < -0.4 is 5.32 Å². The quantitative estimate of drug-likeness (QED) is 0.885. The van der Waals surface area contributed by atoms with Crippen LogP contribution in [-0.4, -0.2) is 36.9 Å². The lowest BCUT2D eigenvalue weighted by Crippen LogP contribution is -2.16. The SMILES string of the molecule is CNC(C)c1cnc(C2CCS(=O)(=O)C2)nc1C. The number of hydrogen-bond acceptors (Lipinski definition) is 5. The molecule has 2 unspecified atom stereocenters. The zero-order valence-electron chi connectivity index (χ0n) is 11.0. The van der Waals surface area contributed by atoms with Crippen molar-refractivity contribution in [3.63, 3.8) is 0 Å². The molecule has 1 aliphatic heterocycles. The highest BCUT2D eigenvalue weighted by atomic mass is 32.2. The van der Waals surface area contributed by atoms with Gasteiger partial charge in [0.25, 0.3) is 0 Å². The molecule has 5 nitrogen and oxygen atoms in total. The maximum atomic E-state index is 11.5. The van der Waals surface area contributed by atoms with Crippen molar-refractivity contribution in [3.8, 4) is 0 Å². The second-order valence-corrected chi connectivity index (χ2v) is 7.11. The molecule has 1 fully saturated rings. The monoisotopic (exact) mass is 269 g/mol. The van der Waals surface area contributed by atoms with Gasteiger partial charge in [-0.2, -0.15) is 0 Å². The minimum atomic E-state index is -2.88. The zero-order chi connectivity index (χ0) is 13.3. The van der Waals surface area contributed by atoms with Crippen molar-refractivity contribution in [2.45, 2.75) is 32.2 Å². The Kier molecular flexibility index (Phi) is 3.68. The van der Waals surface area contributed by atoms with Gasteiger partial charge in [-0.25, -0.2) is 18.4 Å². The summed E-state index contributed by atoms with van der Waals surface area (Å²) in [6.07, 6.45) is 2.45. The predicted molar refractivity (Wildman–Crippen MR) is 70.3 cm³/mol. The molecule has 0 radical (unpaired) electrons. The summed E-state index contributed by atoms with van der Waals surface area (Å²) in [4.78, 5) is 8.81. The second kappa shape index (κ2) is 4.93. The van der Waals surface area contributed by atoms with Crippen LogP contribution in [0.5, 0.6) is 0 Å². The Morgan fingerprint density at radius 2 is 2.22 bits per heavy atom. The van der Waals surface area contributed by atoms with Gasteiger partial charge in [-0.05, 0) is 27.3 Å². The molecule has 100 valence electrons. The van der Waals surface area contributed by atoms with Crippen LogP contribution in [0.1, 0.15) is 42.4 Å². The summed E-state index contributed by atoms with van der Waals surface area (Å²) in [6, 6.07) is 0.200. The van der Waals surface area contributed by atoms with Gasteiger partial charge < -0.3 is 5.32 Å². The summed E-state index contributed by atoms with van der Waals surface area (Å²) in [5.74, 6) is 1.08. The van der Waals surface area contributed by atoms with Crippen LogP contribution in [0.25, 0.3) is 0 Å². The van der Waals surface area contributed by atoms with Gasteiger partial charge >= 0.3 is 0 Å². The lowest BCUT2D eigenvalue weighted by atomic mass is 10.1. The van der Waals surface area contributed by atoms with Crippen molar-refractivity contribution >= 4 is 9.84 Å². The highest BCUT2D eigenvalue weighted by molar-refractivity contribution is 7.91. The Hall–Kier alpha value is -1.01. The van der Waals surface area contributed by atoms with Crippen molar-refractivity contribution < 1.29 is 8.42 Å². The van der Waals surface area contributed by atoms with Crippen molar-refractivity contribution in [3.05, 3.63) is 23.3 Å². The topological polar surface area (TPSA) is 72.0 Å². The summed E-state index contributed by atoms with van der Waals surface area (Å²) in [7, 11) is -0.989. The maximum Gasteiger partial charge on any atom is 0.151 e. The molecule has 2 rings (SSSR count). The Morgan fingerprint density at radius 3 is 2.72 bits per heavy atom. The fourth-order valence-electron chi connectivity index (χ4n) is 2.27. The van der Waals surface area contributed by atoms with Crippen LogP contribution in [0.3, 0.4) is 0 Å². The number of nitrogens with one attached hydrogen (secondary N) is 1. The van der Waals surface area contributed by atoms with Crippen molar-refractivity contribution in [1.82, 2.24) is 15.3 Å². The van der Waals surface area contributed by atoms with Crippen molar-refractivity contribution in [1.29, 1.82) is 0 Å². The van der Waals surface area contributed by atoms with Crippen LogP contribution in [0.2, 0.25) is 0 Å². The van der Waals surface area contributed by atoms with E-state index in [0.717, 1.165) is 11.3 Å². The minimum Gasteiger partial charge on any atom is -0.313 e. The van der Waals surface area contributed by atoms with Crippen molar-refractivity contribution in [2.75, 3.05) is 18.6 Å². The maximum absolute atomic E-state index is 11.5. The summed E-state index contributed by atoms with van der Waals surface area (Å²) in [5.41, 5.74) is 1.98. The number of aryl methyl sites for hydroxylation is 1. The Balaban J connectivity index is 2.25. The van der Waals surface area contributed by atoms with E-state index in [-0.39, 0.29) is 23.5 Å². The van der Waals surface area contributed by atoms with Crippen LogP contribution >= 0.6 is 0 Å². The third-order valence-corrected chi connectivity index (χ3v) is 5.30. The summed E-state index contributed by atoms with van der Waals surface area (Å²) < 4.78 is 22.9. The van der Waals surface area contributed by atoms with Crippen LogP contribution in [0.15, 0.2) is 6.20 Å². The molecule has 0 aromatic carbocycles. The molecule has 0 amide bonds. The molecule has 0 saturated carbocycles. The fraction of sp³-hybridized carbons (Fsp3) is 0.667. The molecule has 1 aromatic rings. The number of aromatic nitrogens is 2. The van der Waals surface area contributed by atoms with Gasteiger partial charge in [0, 0.05) is 29.4 Å². The molecule has 6 heteroatoms. The first-order chi connectivity index (χ1) is 8.43. The number of rotatable bonds is 3. The Labute approximate surface area is 108 Å². The van der Waals surface area contributed by atoms with E-state index in [1.54, 1.807) is 0 Å². The summed E-state index contributed by atoms with van der Waals surface area (Å²) in [5, 5.41) is 3.15. The van der Waals surface area contributed by atoms with Gasteiger partial charge in [0.05, 0.1) is 11.5 Å². The molecule has 0 spiro atoms. The van der Waals surface area contributed by atoms with Gasteiger partial charge in [-0.3, -0.25) is 0 Å². The fourth-order valence-corrected chi connectivity index (χ4v) is 4.01. The van der Waals surface area contributed by atoms with E-state index >= 15 is 0 Å². The molecule has 1 aliphatic rings. The predicted octanol–water partition coefficient (Wildman–Crippen LogP) is 0.968. The van der Waals surface area contributed by atoms with E-state index in [9.17, 15) is 8.42 Å². The molecular weight excluding hydrogens is 250 g/mol. The van der Waals surface area contributed by atoms with E-state index in [1.807, 2.05) is 27.1 Å². The van der Waals surface area contributed by atoms with Crippen LogP contribution in [-0.2, 0) is 9.84 Å². The molecule has 0 bridgehead atoms. The molecule has 1 saturated heterocycles. The zero-order valence-corrected chi connectivity index (χ0v) is 11.8. The lowest BCUT2D eigenvalue weighted by Gasteiger charge is -2.14. The molecule has 0 aliphatic carbocycles. The highest BCUT2D eigenvalue weighted by Gasteiger charge is 2.31. The number of nitrogens with zero attached hydrogens (tertiary/aromatic N) is 2. The van der Waals surface area contributed by atoms with E-state index in [2.05, 4.69) is 15.3 Å². The normalized spacial score (nSPS) is 24.1. The molecular formula is C12H19N3O2S. The van der Waals surface area contributed by atoms with E-state index in [0.29, 0.717) is 12.2 Å². The second-order valence-electron chi connectivity index (χ2n) is 4.88. The largest absolute Gasteiger partial charge is 0.313 e. The van der Waals surface area contributed by atoms with Crippen LogP contribution in [0, 0.1) is 6.92 Å². The standard InChI is InChI=1S/C12H19N3O2S/c1-8(13-3)11-6-14-12(15-9(11)2)10-4-5-18(16,17)7-10/h6,8,10,13H,4-5,7H2,1-3H3. The number of hydrogen-bond donors (Lipinski definition) is 1. The van der Waals surface area contributed by atoms with Gasteiger partial charge in [-0.1, -0.05) is 0 Å². The Bertz CT molecular complexity index is 542. The first kappa shape index (κ1) is 13.4. The molecule has 2 heterocycles.